The van der Waals surface area contributed by atoms with Crippen LogP contribution in [0.1, 0.15) is 41.8 Å². The van der Waals surface area contributed by atoms with E-state index in [-0.39, 0.29) is 11.8 Å². The number of rotatable bonds is 6. The van der Waals surface area contributed by atoms with Crippen LogP contribution in [0.2, 0.25) is 0 Å². The Kier molecular flexibility index (Phi) is 5.73. The van der Waals surface area contributed by atoms with Crippen LogP contribution in [0.4, 0.5) is 5.69 Å². The van der Waals surface area contributed by atoms with Crippen molar-refractivity contribution in [3.05, 3.63) is 53.1 Å². The SMILES string of the molecule is CCCn1nnc2cc(C(=O)N[C@H](C)C(=O)Nc3ccc(C)c(C)c3)ccc21. The number of carbonyl (C=O) groups excluding carboxylic acids is 2. The molecule has 2 amide bonds. The molecule has 0 aliphatic carbocycles. The smallest absolute Gasteiger partial charge is 0.251 e. The minimum absolute atomic E-state index is 0.272. The number of anilines is 1. The van der Waals surface area contributed by atoms with Gasteiger partial charge in [0.15, 0.2) is 0 Å². The highest BCUT2D eigenvalue weighted by Gasteiger charge is 2.18. The van der Waals surface area contributed by atoms with Gasteiger partial charge in [0.05, 0.1) is 5.52 Å². The third-order valence-corrected chi connectivity index (χ3v) is 4.73. The summed E-state index contributed by atoms with van der Waals surface area (Å²) in [5.74, 6) is -0.596. The number of nitrogens with zero attached hydrogens (tertiary/aromatic N) is 3. The van der Waals surface area contributed by atoms with Crippen molar-refractivity contribution in [2.24, 2.45) is 0 Å². The second-order valence-electron chi connectivity index (χ2n) is 7.00. The number of hydrogen-bond donors (Lipinski definition) is 2. The minimum Gasteiger partial charge on any atom is -0.341 e. The highest BCUT2D eigenvalue weighted by atomic mass is 16.2. The van der Waals surface area contributed by atoms with Crippen molar-refractivity contribution in [1.29, 1.82) is 0 Å². The predicted octanol–water partition coefficient (Wildman–Crippen LogP) is 3.22. The quantitative estimate of drug-likeness (QED) is 0.688. The molecule has 3 aromatic rings. The minimum atomic E-state index is -0.680. The van der Waals surface area contributed by atoms with Gasteiger partial charge in [0, 0.05) is 17.8 Å². The highest BCUT2D eigenvalue weighted by molar-refractivity contribution is 6.02. The molecule has 2 N–H and O–H groups in total. The zero-order valence-electron chi connectivity index (χ0n) is 16.6. The number of nitrogens with one attached hydrogen (secondary N) is 2. The number of amides is 2. The Labute approximate surface area is 164 Å². The molecule has 2 aromatic carbocycles. The third kappa shape index (κ3) is 4.19. The standard InChI is InChI=1S/C21H25N5O2/c1-5-10-26-19-9-7-16(12-18(19)24-25-26)21(28)22-15(4)20(27)23-17-8-6-13(2)14(3)11-17/h6-9,11-12,15H,5,10H2,1-4H3,(H,22,28)(H,23,27)/t15-/m1/s1. The second-order valence-corrected chi connectivity index (χ2v) is 7.00. The Morgan fingerprint density at radius 2 is 1.89 bits per heavy atom. The van der Waals surface area contributed by atoms with Gasteiger partial charge in [-0.1, -0.05) is 18.2 Å². The molecule has 0 radical (unpaired) electrons. The van der Waals surface area contributed by atoms with Crippen LogP contribution in [0.3, 0.4) is 0 Å². The van der Waals surface area contributed by atoms with Crippen LogP contribution in [0.15, 0.2) is 36.4 Å². The first-order valence-electron chi connectivity index (χ1n) is 9.41. The first-order chi connectivity index (χ1) is 13.4. The number of hydrogen-bond acceptors (Lipinski definition) is 4. The van der Waals surface area contributed by atoms with E-state index in [2.05, 4.69) is 27.9 Å². The van der Waals surface area contributed by atoms with E-state index in [9.17, 15) is 9.59 Å². The Morgan fingerprint density at radius 3 is 2.61 bits per heavy atom. The van der Waals surface area contributed by atoms with E-state index < -0.39 is 6.04 Å². The molecule has 28 heavy (non-hydrogen) atoms. The monoisotopic (exact) mass is 379 g/mol. The molecule has 7 nitrogen and oxygen atoms in total. The summed E-state index contributed by atoms with van der Waals surface area (Å²) in [4.78, 5) is 25.0. The van der Waals surface area contributed by atoms with E-state index in [1.54, 1.807) is 19.1 Å². The summed E-state index contributed by atoms with van der Waals surface area (Å²) in [6.07, 6.45) is 0.952. The number of carbonyl (C=O) groups is 2. The van der Waals surface area contributed by atoms with Gasteiger partial charge in [-0.25, -0.2) is 4.68 Å². The molecule has 0 aliphatic heterocycles. The summed E-state index contributed by atoms with van der Waals surface area (Å²) in [6, 6.07) is 10.3. The van der Waals surface area contributed by atoms with Gasteiger partial charge in [0.2, 0.25) is 5.91 Å². The van der Waals surface area contributed by atoms with E-state index in [1.807, 2.05) is 42.8 Å². The molecule has 0 saturated carbocycles. The van der Waals surface area contributed by atoms with Crippen molar-refractivity contribution >= 4 is 28.5 Å². The summed E-state index contributed by atoms with van der Waals surface area (Å²) in [5.41, 5.74) is 4.96. The van der Waals surface area contributed by atoms with Gasteiger partial charge in [-0.05, 0) is 68.7 Å². The number of aromatic nitrogens is 3. The van der Waals surface area contributed by atoms with E-state index in [0.29, 0.717) is 16.8 Å². The first kappa shape index (κ1) is 19.5. The molecule has 0 saturated heterocycles. The molecule has 0 aliphatic rings. The zero-order chi connectivity index (χ0) is 20.3. The molecule has 0 unspecified atom stereocenters. The molecule has 1 atom stereocenters. The zero-order valence-corrected chi connectivity index (χ0v) is 16.6. The number of benzene rings is 2. The van der Waals surface area contributed by atoms with E-state index in [0.717, 1.165) is 29.6 Å². The van der Waals surface area contributed by atoms with Crippen molar-refractivity contribution in [1.82, 2.24) is 20.3 Å². The molecule has 1 aromatic heterocycles. The first-order valence-corrected chi connectivity index (χ1v) is 9.41. The van der Waals surface area contributed by atoms with E-state index in [4.69, 9.17) is 0 Å². The second kappa shape index (κ2) is 8.21. The largest absolute Gasteiger partial charge is 0.341 e. The molecule has 1 heterocycles. The molecular formula is C21H25N5O2. The topological polar surface area (TPSA) is 88.9 Å². The fourth-order valence-corrected chi connectivity index (χ4v) is 2.91. The summed E-state index contributed by atoms with van der Waals surface area (Å²) < 4.78 is 1.82. The van der Waals surface area contributed by atoms with Gasteiger partial charge < -0.3 is 10.6 Å². The predicted molar refractivity (Wildman–Crippen MR) is 109 cm³/mol. The maximum absolute atomic E-state index is 12.5. The van der Waals surface area contributed by atoms with Crippen molar-refractivity contribution in [2.75, 3.05) is 5.32 Å². The summed E-state index contributed by atoms with van der Waals surface area (Å²) in [5, 5.41) is 13.8. The van der Waals surface area contributed by atoms with Crippen molar-refractivity contribution in [2.45, 2.75) is 46.7 Å². The van der Waals surface area contributed by atoms with Crippen LogP contribution in [-0.4, -0.2) is 32.9 Å². The molecule has 7 heteroatoms. The van der Waals surface area contributed by atoms with Crippen molar-refractivity contribution in [3.8, 4) is 0 Å². The van der Waals surface area contributed by atoms with Gasteiger partial charge in [0.25, 0.3) is 5.91 Å². The Hall–Kier alpha value is -3.22. The van der Waals surface area contributed by atoms with Crippen LogP contribution >= 0.6 is 0 Å². The van der Waals surface area contributed by atoms with Crippen molar-refractivity contribution < 1.29 is 9.59 Å². The third-order valence-electron chi connectivity index (χ3n) is 4.73. The lowest BCUT2D eigenvalue weighted by atomic mass is 10.1. The van der Waals surface area contributed by atoms with Gasteiger partial charge in [-0.15, -0.1) is 5.10 Å². The van der Waals surface area contributed by atoms with E-state index >= 15 is 0 Å². The average Bonchev–Trinajstić information content (AvgIpc) is 3.07. The molecular weight excluding hydrogens is 354 g/mol. The Morgan fingerprint density at radius 1 is 1.11 bits per heavy atom. The van der Waals surface area contributed by atoms with Gasteiger partial charge >= 0.3 is 0 Å². The lowest BCUT2D eigenvalue weighted by Crippen LogP contribution is -2.41. The summed E-state index contributed by atoms with van der Waals surface area (Å²) in [6.45, 7) is 8.51. The molecule has 0 spiro atoms. The van der Waals surface area contributed by atoms with Gasteiger partial charge in [-0.3, -0.25) is 9.59 Å². The molecule has 0 bridgehead atoms. The Balaban J connectivity index is 1.66. The van der Waals surface area contributed by atoms with Crippen LogP contribution in [0.25, 0.3) is 11.0 Å². The van der Waals surface area contributed by atoms with Gasteiger partial charge in [0.1, 0.15) is 11.6 Å². The van der Waals surface area contributed by atoms with E-state index in [1.165, 1.54) is 0 Å². The molecule has 0 fully saturated rings. The van der Waals surface area contributed by atoms with Gasteiger partial charge in [-0.2, -0.15) is 0 Å². The fourth-order valence-electron chi connectivity index (χ4n) is 2.91. The molecule has 146 valence electrons. The highest BCUT2D eigenvalue weighted by Crippen LogP contribution is 2.16. The lowest BCUT2D eigenvalue weighted by Gasteiger charge is -2.15. The van der Waals surface area contributed by atoms with Crippen molar-refractivity contribution in [3.63, 3.8) is 0 Å². The lowest BCUT2D eigenvalue weighted by molar-refractivity contribution is -0.117. The van der Waals surface area contributed by atoms with Crippen LogP contribution in [-0.2, 0) is 11.3 Å². The average molecular weight is 379 g/mol. The summed E-state index contributed by atoms with van der Waals surface area (Å²) in [7, 11) is 0. The fraction of sp³-hybridized carbons (Fsp3) is 0.333. The van der Waals surface area contributed by atoms with Crippen LogP contribution < -0.4 is 10.6 Å². The maximum atomic E-state index is 12.5. The van der Waals surface area contributed by atoms with Crippen LogP contribution in [0, 0.1) is 13.8 Å². The Bertz CT molecular complexity index is 1020. The van der Waals surface area contributed by atoms with Crippen LogP contribution in [0.5, 0.6) is 0 Å². The number of fused-ring (bicyclic) bond motifs is 1. The number of aryl methyl sites for hydroxylation is 3. The molecule has 3 rings (SSSR count). The normalized spacial score (nSPS) is 12.0. The summed E-state index contributed by atoms with van der Waals surface area (Å²) >= 11 is 0. The maximum Gasteiger partial charge on any atom is 0.251 e.